The topological polar surface area (TPSA) is 15.3 Å². The number of nitrogens with one attached hydrogen (secondary N) is 1. The van der Waals surface area contributed by atoms with Gasteiger partial charge >= 0.3 is 0 Å². The molecule has 0 amide bonds. The van der Waals surface area contributed by atoms with Crippen LogP contribution in [0.5, 0.6) is 0 Å². The molecule has 14 heavy (non-hydrogen) atoms. The van der Waals surface area contributed by atoms with Crippen molar-refractivity contribution in [3.05, 3.63) is 0 Å². The molecule has 0 spiro atoms. The molecule has 0 saturated carbocycles. The van der Waals surface area contributed by atoms with Crippen LogP contribution in [0.1, 0.15) is 46.5 Å². The van der Waals surface area contributed by atoms with Crippen molar-refractivity contribution in [2.75, 3.05) is 19.6 Å². The van der Waals surface area contributed by atoms with E-state index in [1.54, 1.807) is 0 Å². The predicted molar refractivity (Wildman–Crippen MR) is 62.6 cm³/mol. The van der Waals surface area contributed by atoms with Gasteiger partial charge in [0.05, 0.1) is 0 Å². The average Bonchev–Trinajstić information content (AvgIpc) is 2.47. The maximum Gasteiger partial charge on any atom is 0.0223 e. The molecule has 1 fully saturated rings. The molecule has 0 aromatic carbocycles. The fourth-order valence-electron chi connectivity index (χ4n) is 2.45. The Balaban J connectivity index is 2.48. The van der Waals surface area contributed by atoms with Crippen molar-refractivity contribution in [2.24, 2.45) is 0 Å². The van der Waals surface area contributed by atoms with Crippen LogP contribution in [0.25, 0.3) is 0 Å². The number of nitrogens with zero attached hydrogens (tertiary/aromatic N) is 1. The van der Waals surface area contributed by atoms with Crippen molar-refractivity contribution < 1.29 is 0 Å². The summed E-state index contributed by atoms with van der Waals surface area (Å²) in [5.74, 6) is 0. The standard InChI is InChI=1S/C12H26N2/c1-4-11(3)14(5-2)12-8-6-7-9-13-10-12/h11-13H,4-10H2,1-3H3. The van der Waals surface area contributed by atoms with E-state index >= 15 is 0 Å². The molecule has 1 N–H and O–H groups in total. The van der Waals surface area contributed by atoms with Crippen molar-refractivity contribution in [2.45, 2.75) is 58.5 Å². The number of likely N-dealkylation sites (N-methyl/N-ethyl adjacent to an activating group) is 1. The molecule has 1 heterocycles. The first-order valence-corrected chi connectivity index (χ1v) is 6.26. The van der Waals surface area contributed by atoms with Crippen LogP contribution >= 0.6 is 0 Å². The molecular formula is C12H26N2. The Hall–Kier alpha value is -0.0800. The number of hydrogen-bond acceptors (Lipinski definition) is 2. The van der Waals surface area contributed by atoms with Crippen LogP contribution < -0.4 is 5.32 Å². The molecule has 0 radical (unpaired) electrons. The van der Waals surface area contributed by atoms with Crippen molar-refractivity contribution in [3.8, 4) is 0 Å². The first kappa shape index (κ1) is 12.0. The molecule has 2 atom stereocenters. The Labute approximate surface area is 89.1 Å². The summed E-state index contributed by atoms with van der Waals surface area (Å²) in [7, 11) is 0. The molecular weight excluding hydrogens is 172 g/mol. The van der Waals surface area contributed by atoms with E-state index in [9.17, 15) is 0 Å². The first-order chi connectivity index (χ1) is 6.79. The molecule has 1 rings (SSSR count). The van der Waals surface area contributed by atoms with Gasteiger partial charge in [0.2, 0.25) is 0 Å². The smallest absolute Gasteiger partial charge is 0.0223 e. The van der Waals surface area contributed by atoms with E-state index in [1.807, 2.05) is 0 Å². The average molecular weight is 198 g/mol. The number of hydrogen-bond donors (Lipinski definition) is 1. The fraction of sp³-hybridized carbons (Fsp3) is 1.00. The van der Waals surface area contributed by atoms with Gasteiger partial charge in [0.1, 0.15) is 0 Å². The van der Waals surface area contributed by atoms with Crippen LogP contribution in [-0.4, -0.2) is 36.6 Å². The SMILES string of the molecule is CCC(C)N(CC)C1CCCCNC1. The largest absolute Gasteiger partial charge is 0.315 e. The molecule has 0 aliphatic carbocycles. The summed E-state index contributed by atoms with van der Waals surface area (Å²) < 4.78 is 0. The van der Waals surface area contributed by atoms with Crippen LogP contribution in [0.2, 0.25) is 0 Å². The van der Waals surface area contributed by atoms with Gasteiger partial charge < -0.3 is 5.32 Å². The molecule has 2 heteroatoms. The molecule has 2 nitrogen and oxygen atoms in total. The van der Waals surface area contributed by atoms with Gasteiger partial charge in [-0.25, -0.2) is 0 Å². The fourth-order valence-corrected chi connectivity index (χ4v) is 2.45. The highest BCUT2D eigenvalue weighted by Crippen LogP contribution is 2.15. The molecule has 2 unspecified atom stereocenters. The second-order valence-corrected chi connectivity index (χ2v) is 4.44. The second kappa shape index (κ2) is 6.41. The van der Waals surface area contributed by atoms with E-state index in [0.717, 1.165) is 12.1 Å². The van der Waals surface area contributed by atoms with E-state index in [0.29, 0.717) is 0 Å². The van der Waals surface area contributed by atoms with E-state index < -0.39 is 0 Å². The Morgan fingerprint density at radius 2 is 2.14 bits per heavy atom. The van der Waals surface area contributed by atoms with Crippen molar-refractivity contribution in [1.29, 1.82) is 0 Å². The Bertz CT molecular complexity index is 139. The highest BCUT2D eigenvalue weighted by Gasteiger charge is 2.21. The third-order valence-corrected chi connectivity index (χ3v) is 3.51. The van der Waals surface area contributed by atoms with Crippen molar-refractivity contribution in [3.63, 3.8) is 0 Å². The van der Waals surface area contributed by atoms with Crippen LogP contribution in [0, 0.1) is 0 Å². The highest BCUT2D eigenvalue weighted by atomic mass is 15.2. The normalized spacial score (nSPS) is 26.1. The van der Waals surface area contributed by atoms with Crippen LogP contribution in [0.15, 0.2) is 0 Å². The minimum absolute atomic E-state index is 0.741. The maximum atomic E-state index is 3.55. The molecule has 1 aliphatic rings. The van der Waals surface area contributed by atoms with Gasteiger partial charge in [-0.05, 0) is 39.3 Å². The van der Waals surface area contributed by atoms with Crippen molar-refractivity contribution in [1.82, 2.24) is 10.2 Å². The van der Waals surface area contributed by atoms with Gasteiger partial charge in [0.15, 0.2) is 0 Å². The third kappa shape index (κ3) is 3.25. The summed E-state index contributed by atoms with van der Waals surface area (Å²) in [5, 5.41) is 3.55. The van der Waals surface area contributed by atoms with E-state index in [-0.39, 0.29) is 0 Å². The van der Waals surface area contributed by atoms with Crippen LogP contribution in [-0.2, 0) is 0 Å². The lowest BCUT2D eigenvalue weighted by Crippen LogP contribution is -2.45. The van der Waals surface area contributed by atoms with Gasteiger partial charge in [0, 0.05) is 18.6 Å². The zero-order chi connectivity index (χ0) is 10.4. The summed E-state index contributed by atoms with van der Waals surface area (Å²) in [4.78, 5) is 2.66. The van der Waals surface area contributed by atoms with E-state index in [4.69, 9.17) is 0 Å². The summed E-state index contributed by atoms with van der Waals surface area (Å²) in [6.45, 7) is 10.5. The molecule has 0 aromatic heterocycles. The van der Waals surface area contributed by atoms with Gasteiger partial charge in [0.25, 0.3) is 0 Å². The van der Waals surface area contributed by atoms with Gasteiger partial charge in [-0.2, -0.15) is 0 Å². The lowest BCUT2D eigenvalue weighted by atomic mass is 10.1. The summed E-state index contributed by atoms with van der Waals surface area (Å²) in [5.41, 5.74) is 0. The Kier molecular flexibility index (Phi) is 5.49. The molecule has 0 bridgehead atoms. The maximum absolute atomic E-state index is 3.55. The Morgan fingerprint density at radius 3 is 2.79 bits per heavy atom. The second-order valence-electron chi connectivity index (χ2n) is 4.44. The van der Waals surface area contributed by atoms with Crippen LogP contribution in [0.3, 0.4) is 0 Å². The predicted octanol–water partition coefficient (Wildman–Crippen LogP) is 2.25. The lowest BCUT2D eigenvalue weighted by molar-refractivity contribution is 0.141. The summed E-state index contributed by atoms with van der Waals surface area (Å²) in [6.07, 6.45) is 5.40. The minimum Gasteiger partial charge on any atom is -0.315 e. The molecule has 0 aromatic rings. The van der Waals surface area contributed by atoms with Crippen molar-refractivity contribution >= 4 is 0 Å². The highest BCUT2D eigenvalue weighted by molar-refractivity contribution is 4.79. The monoisotopic (exact) mass is 198 g/mol. The molecule has 1 saturated heterocycles. The zero-order valence-corrected chi connectivity index (χ0v) is 10.1. The summed E-state index contributed by atoms with van der Waals surface area (Å²) in [6, 6.07) is 1.52. The first-order valence-electron chi connectivity index (χ1n) is 6.26. The summed E-state index contributed by atoms with van der Waals surface area (Å²) >= 11 is 0. The third-order valence-electron chi connectivity index (χ3n) is 3.51. The molecule has 1 aliphatic heterocycles. The lowest BCUT2D eigenvalue weighted by Gasteiger charge is -2.34. The number of rotatable bonds is 4. The quantitative estimate of drug-likeness (QED) is 0.745. The molecule has 84 valence electrons. The minimum atomic E-state index is 0.741. The van der Waals surface area contributed by atoms with Gasteiger partial charge in [-0.1, -0.05) is 20.3 Å². The van der Waals surface area contributed by atoms with E-state index in [1.165, 1.54) is 45.3 Å². The van der Waals surface area contributed by atoms with Crippen LogP contribution in [0.4, 0.5) is 0 Å². The van der Waals surface area contributed by atoms with Gasteiger partial charge in [-0.15, -0.1) is 0 Å². The van der Waals surface area contributed by atoms with E-state index in [2.05, 4.69) is 31.0 Å². The Morgan fingerprint density at radius 1 is 1.36 bits per heavy atom. The zero-order valence-electron chi connectivity index (χ0n) is 10.1. The van der Waals surface area contributed by atoms with Gasteiger partial charge in [-0.3, -0.25) is 4.90 Å².